The monoisotopic (exact) mass is 447 g/mol. The van der Waals surface area contributed by atoms with Crippen molar-refractivity contribution in [1.82, 2.24) is 10.2 Å². The highest BCUT2D eigenvalue weighted by Crippen LogP contribution is 2.34. The van der Waals surface area contributed by atoms with Crippen LogP contribution >= 0.6 is 11.6 Å². The Hall–Kier alpha value is -3.59. The van der Waals surface area contributed by atoms with Gasteiger partial charge in [0.15, 0.2) is 11.5 Å². The van der Waals surface area contributed by atoms with E-state index in [9.17, 15) is 18.8 Å². The third-order valence-corrected chi connectivity index (χ3v) is 4.62. The normalized spacial score (nSPS) is 14.6. The minimum absolute atomic E-state index is 0.0520. The fraction of sp³-hybridized carbons (Fsp3) is 0.190. The fourth-order valence-corrected chi connectivity index (χ4v) is 3.06. The Bertz CT molecular complexity index is 1070. The van der Waals surface area contributed by atoms with Gasteiger partial charge in [-0.2, -0.15) is 0 Å². The first kappa shape index (κ1) is 22.1. The van der Waals surface area contributed by atoms with E-state index in [0.29, 0.717) is 28.6 Å². The minimum atomic E-state index is -0.783. The van der Waals surface area contributed by atoms with Crippen LogP contribution in [0, 0.1) is 5.82 Å². The molecule has 2 N–H and O–H groups in total. The topological polar surface area (TPSA) is 97.0 Å². The van der Waals surface area contributed by atoms with Gasteiger partial charge in [-0.15, -0.1) is 0 Å². The zero-order valence-corrected chi connectivity index (χ0v) is 17.5. The summed E-state index contributed by atoms with van der Waals surface area (Å²) in [5.41, 5.74) is 0.286. The van der Waals surface area contributed by atoms with Crippen molar-refractivity contribution in [3.63, 3.8) is 0 Å². The van der Waals surface area contributed by atoms with Crippen LogP contribution in [-0.2, 0) is 9.59 Å². The van der Waals surface area contributed by atoms with Crippen molar-refractivity contribution in [3.8, 4) is 11.5 Å². The minimum Gasteiger partial charge on any atom is -0.493 e. The van der Waals surface area contributed by atoms with E-state index in [2.05, 4.69) is 10.6 Å². The van der Waals surface area contributed by atoms with Crippen LogP contribution in [0.2, 0.25) is 5.02 Å². The molecule has 8 nitrogen and oxygen atoms in total. The van der Waals surface area contributed by atoms with Gasteiger partial charge in [0, 0.05) is 6.07 Å². The van der Waals surface area contributed by atoms with E-state index in [1.807, 2.05) is 0 Å². The first-order valence-corrected chi connectivity index (χ1v) is 9.61. The van der Waals surface area contributed by atoms with Gasteiger partial charge in [-0.25, -0.2) is 14.1 Å². The number of anilines is 1. The summed E-state index contributed by atoms with van der Waals surface area (Å²) >= 11 is 6.25. The molecule has 1 aliphatic heterocycles. The smallest absolute Gasteiger partial charge is 0.329 e. The maximum atomic E-state index is 13.7. The number of methoxy groups -OCH3 is 1. The molecule has 0 radical (unpaired) electrons. The van der Waals surface area contributed by atoms with Crippen LogP contribution in [-0.4, -0.2) is 43.0 Å². The molecule has 0 aliphatic carbocycles. The number of halogens is 2. The highest BCUT2D eigenvalue weighted by Gasteiger charge is 2.35. The summed E-state index contributed by atoms with van der Waals surface area (Å²) in [5.74, 6) is -1.25. The van der Waals surface area contributed by atoms with E-state index >= 15 is 0 Å². The second kappa shape index (κ2) is 9.48. The van der Waals surface area contributed by atoms with Crippen LogP contribution in [0.1, 0.15) is 12.5 Å². The lowest BCUT2D eigenvalue weighted by Gasteiger charge is -2.12. The number of nitrogens with zero attached hydrogens (tertiary/aromatic N) is 1. The molecule has 0 bridgehead atoms. The van der Waals surface area contributed by atoms with Crippen LogP contribution in [0.15, 0.2) is 42.1 Å². The third-order valence-electron chi connectivity index (χ3n) is 4.29. The lowest BCUT2D eigenvalue weighted by atomic mass is 10.1. The molecule has 4 amide bonds. The molecule has 0 spiro atoms. The molecule has 1 saturated heterocycles. The number of hydrogen-bond acceptors (Lipinski definition) is 5. The van der Waals surface area contributed by atoms with Gasteiger partial charge in [0.1, 0.15) is 18.1 Å². The summed E-state index contributed by atoms with van der Waals surface area (Å²) in [6.45, 7) is 1.60. The van der Waals surface area contributed by atoms with E-state index in [4.69, 9.17) is 21.1 Å². The Morgan fingerprint density at radius 1 is 1.26 bits per heavy atom. The van der Waals surface area contributed by atoms with E-state index < -0.39 is 30.2 Å². The number of carbonyl (C=O) groups is 3. The van der Waals surface area contributed by atoms with E-state index in [1.165, 1.54) is 37.5 Å². The van der Waals surface area contributed by atoms with Crippen molar-refractivity contribution in [2.45, 2.75) is 6.92 Å². The molecular weight excluding hydrogens is 429 g/mol. The number of imide groups is 1. The number of hydrogen-bond donors (Lipinski definition) is 2. The molecule has 1 fully saturated rings. The molecule has 0 unspecified atom stereocenters. The molecule has 0 atom stereocenters. The summed E-state index contributed by atoms with van der Waals surface area (Å²) < 4.78 is 24.4. The SMILES string of the molecule is CCOc1cc(/C=C2/NC(=O)N(CC(=O)Nc3ccccc3F)C2=O)c(Cl)cc1OC. The van der Waals surface area contributed by atoms with Gasteiger partial charge in [-0.1, -0.05) is 23.7 Å². The molecule has 1 aliphatic rings. The van der Waals surface area contributed by atoms with Crippen molar-refractivity contribution < 1.29 is 28.2 Å². The van der Waals surface area contributed by atoms with Gasteiger partial charge < -0.3 is 20.1 Å². The molecule has 0 aromatic heterocycles. The number of urea groups is 1. The summed E-state index contributed by atoms with van der Waals surface area (Å²) in [7, 11) is 1.47. The zero-order chi connectivity index (χ0) is 22.5. The van der Waals surface area contributed by atoms with Gasteiger partial charge in [0.05, 0.1) is 24.4 Å². The number of carbonyl (C=O) groups excluding carboxylic acids is 3. The standard InChI is InChI=1S/C21H19ClFN3O5/c1-3-31-18-9-12(13(22)10-17(18)30-2)8-16-20(28)26(21(29)25-16)11-19(27)24-15-7-5-4-6-14(15)23/h4-10H,3,11H2,1-2H3,(H,24,27)(H,25,29)/b16-8+. The Kier molecular flexibility index (Phi) is 6.76. The molecule has 31 heavy (non-hydrogen) atoms. The van der Waals surface area contributed by atoms with Crippen LogP contribution in [0.25, 0.3) is 6.08 Å². The number of para-hydroxylation sites is 1. The van der Waals surface area contributed by atoms with Crippen molar-refractivity contribution >= 4 is 41.2 Å². The van der Waals surface area contributed by atoms with Crippen molar-refractivity contribution in [2.24, 2.45) is 0 Å². The number of amides is 4. The van der Waals surface area contributed by atoms with E-state index in [0.717, 1.165) is 0 Å². The van der Waals surface area contributed by atoms with Crippen molar-refractivity contribution in [2.75, 3.05) is 25.6 Å². The molecule has 2 aromatic carbocycles. The van der Waals surface area contributed by atoms with E-state index in [1.54, 1.807) is 19.1 Å². The molecule has 2 aromatic rings. The largest absolute Gasteiger partial charge is 0.493 e. The lowest BCUT2D eigenvalue weighted by molar-refractivity contribution is -0.127. The van der Waals surface area contributed by atoms with Crippen molar-refractivity contribution in [1.29, 1.82) is 0 Å². The summed E-state index contributed by atoms with van der Waals surface area (Å²) in [6.07, 6.45) is 1.37. The molecule has 10 heteroatoms. The Balaban J connectivity index is 1.78. The quantitative estimate of drug-likeness (QED) is 0.500. The van der Waals surface area contributed by atoms with Gasteiger partial charge in [0.25, 0.3) is 5.91 Å². The maximum absolute atomic E-state index is 13.7. The average molecular weight is 448 g/mol. The van der Waals surface area contributed by atoms with Gasteiger partial charge >= 0.3 is 6.03 Å². The molecule has 1 heterocycles. The van der Waals surface area contributed by atoms with Crippen LogP contribution < -0.4 is 20.1 Å². The average Bonchev–Trinajstić information content (AvgIpc) is 2.99. The molecular formula is C21H19ClFN3O5. The van der Waals surface area contributed by atoms with Gasteiger partial charge in [-0.05, 0) is 36.8 Å². The molecule has 162 valence electrons. The summed E-state index contributed by atoms with van der Waals surface area (Å²) in [4.78, 5) is 37.8. The Labute approximate surface area is 182 Å². The predicted molar refractivity (Wildman–Crippen MR) is 112 cm³/mol. The van der Waals surface area contributed by atoms with Crippen LogP contribution in [0.4, 0.5) is 14.9 Å². The second-order valence-electron chi connectivity index (χ2n) is 6.37. The zero-order valence-electron chi connectivity index (χ0n) is 16.7. The Morgan fingerprint density at radius 2 is 2.00 bits per heavy atom. The summed E-state index contributed by atoms with van der Waals surface area (Å²) in [6, 6.07) is 7.88. The highest BCUT2D eigenvalue weighted by atomic mass is 35.5. The Morgan fingerprint density at radius 3 is 2.68 bits per heavy atom. The summed E-state index contributed by atoms with van der Waals surface area (Å²) in [5, 5.41) is 5.00. The number of nitrogens with one attached hydrogen (secondary N) is 2. The fourth-order valence-electron chi connectivity index (χ4n) is 2.86. The van der Waals surface area contributed by atoms with Gasteiger partial charge in [0.2, 0.25) is 5.91 Å². The third kappa shape index (κ3) is 4.95. The lowest BCUT2D eigenvalue weighted by Crippen LogP contribution is -2.38. The first-order chi connectivity index (χ1) is 14.8. The van der Waals surface area contributed by atoms with E-state index in [-0.39, 0.29) is 16.4 Å². The number of benzene rings is 2. The van der Waals surface area contributed by atoms with Gasteiger partial charge in [-0.3, -0.25) is 9.59 Å². The second-order valence-corrected chi connectivity index (χ2v) is 6.77. The number of rotatable bonds is 7. The first-order valence-electron chi connectivity index (χ1n) is 9.23. The predicted octanol–water partition coefficient (Wildman–Crippen LogP) is 3.42. The molecule has 0 saturated carbocycles. The maximum Gasteiger partial charge on any atom is 0.329 e. The highest BCUT2D eigenvalue weighted by molar-refractivity contribution is 6.32. The van der Waals surface area contributed by atoms with Crippen LogP contribution in [0.3, 0.4) is 0 Å². The number of ether oxygens (including phenoxy) is 2. The van der Waals surface area contributed by atoms with Crippen LogP contribution in [0.5, 0.6) is 11.5 Å². The molecule has 3 rings (SSSR count). The van der Waals surface area contributed by atoms with Crippen molar-refractivity contribution in [3.05, 3.63) is 58.5 Å².